The first kappa shape index (κ1) is 28.9. The van der Waals surface area contributed by atoms with Gasteiger partial charge in [0, 0.05) is 47.8 Å². The molecule has 1 saturated carbocycles. The fraction of sp³-hybridized carbons (Fsp3) is 0.457. The highest BCUT2D eigenvalue weighted by molar-refractivity contribution is 6.01. The fourth-order valence-corrected chi connectivity index (χ4v) is 7.46. The minimum absolute atomic E-state index is 0.00712. The molecular formula is C35H38F2N6O. The van der Waals surface area contributed by atoms with Crippen molar-refractivity contribution in [2.24, 2.45) is 0 Å². The summed E-state index contributed by atoms with van der Waals surface area (Å²) < 4.78 is 37.4. The van der Waals surface area contributed by atoms with Gasteiger partial charge in [-0.05, 0) is 71.1 Å². The van der Waals surface area contributed by atoms with Crippen molar-refractivity contribution in [2.45, 2.75) is 62.7 Å². The van der Waals surface area contributed by atoms with E-state index in [1.165, 1.54) is 6.42 Å². The molecule has 1 aliphatic carbocycles. The average molecular weight is 597 g/mol. The minimum atomic E-state index is -0.868. The maximum Gasteiger partial charge on any atom is 0.319 e. The van der Waals surface area contributed by atoms with Gasteiger partial charge in [-0.3, -0.25) is 9.88 Å². The van der Waals surface area contributed by atoms with Crippen LogP contribution in [0.4, 0.5) is 14.6 Å². The zero-order chi connectivity index (χ0) is 30.5. The lowest BCUT2D eigenvalue weighted by Gasteiger charge is -2.47. The second-order valence-electron chi connectivity index (χ2n) is 12.8. The lowest BCUT2D eigenvalue weighted by atomic mass is 9.75. The zero-order valence-electron chi connectivity index (χ0n) is 25.6. The van der Waals surface area contributed by atoms with Crippen LogP contribution < -0.4 is 10.1 Å². The number of likely N-dealkylation sites (N-methyl/N-ethyl adjacent to an activating group) is 1. The SMILES string of the molecule is CC#Cc1cccc2cccc(-c3ncc4c(NCC5(N(C)C)CCC5)nc(OC[C@@]56CCCN5C[C@H](F)C6)nc4c3F)c12. The number of hydrogen-bond acceptors (Lipinski definition) is 7. The number of aromatic nitrogens is 3. The number of ether oxygens (including phenoxy) is 1. The third-order valence-corrected chi connectivity index (χ3v) is 10.1. The van der Waals surface area contributed by atoms with Crippen molar-refractivity contribution in [1.82, 2.24) is 24.8 Å². The summed E-state index contributed by atoms with van der Waals surface area (Å²) in [6.45, 7) is 4.00. The molecule has 228 valence electrons. The topological polar surface area (TPSA) is 66.4 Å². The largest absolute Gasteiger partial charge is 0.461 e. The molecule has 0 radical (unpaired) electrons. The number of alkyl halides is 1. The Kier molecular flexibility index (Phi) is 7.38. The summed E-state index contributed by atoms with van der Waals surface area (Å²) in [5, 5.41) is 5.80. The Bertz CT molecular complexity index is 1790. The lowest BCUT2D eigenvalue weighted by molar-refractivity contribution is 0.0738. The van der Waals surface area contributed by atoms with Gasteiger partial charge < -0.3 is 15.0 Å². The summed E-state index contributed by atoms with van der Waals surface area (Å²) >= 11 is 0. The van der Waals surface area contributed by atoms with E-state index in [9.17, 15) is 4.39 Å². The van der Waals surface area contributed by atoms with E-state index in [-0.39, 0.29) is 34.9 Å². The van der Waals surface area contributed by atoms with Gasteiger partial charge >= 0.3 is 6.01 Å². The number of nitrogens with one attached hydrogen (secondary N) is 1. The first-order valence-corrected chi connectivity index (χ1v) is 15.6. The van der Waals surface area contributed by atoms with Gasteiger partial charge in [-0.2, -0.15) is 9.97 Å². The molecule has 3 fully saturated rings. The molecule has 2 aliphatic heterocycles. The maximum absolute atomic E-state index is 16.7. The van der Waals surface area contributed by atoms with Crippen LogP contribution in [0.1, 0.15) is 51.0 Å². The number of halogens is 2. The zero-order valence-corrected chi connectivity index (χ0v) is 25.6. The predicted octanol–water partition coefficient (Wildman–Crippen LogP) is 6.21. The van der Waals surface area contributed by atoms with E-state index in [2.05, 4.69) is 51.0 Å². The summed E-state index contributed by atoms with van der Waals surface area (Å²) in [6, 6.07) is 11.7. The highest BCUT2D eigenvalue weighted by Gasteiger charge is 2.49. The van der Waals surface area contributed by atoms with Crippen LogP contribution in [0, 0.1) is 17.7 Å². The molecule has 0 unspecified atom stereocenters. The van der Waals surface area contributed by atoms with Crippen molar-refractivity contribution in [3.05, 3.63) is 54.0 Å². The highest BCUT2D eigenvalue weighted by atomic mass is 19.1. The lowest BCUT2D eigenvalue weighted by Crippen LogP contribution is -2.54. The van der Waals surface area contributed by atoms with E-state index in [1.54, 1.807) is 13.1 Å². The Labute approximate surface area is 257 Å². The van der Waals surface area contributed by atoms with E-state index in [0.29, 0.717) is 36.3 Å². The van der Waals surface area contributed by atoms with Gasteiger partial charge in [-0.25, -0.2) is 8.78 Å². The molecule has 44 heavy (non-hydrogen) atoms. The number of rotatable bonds is 8. The number of hydrogen-bond donors (Lipinski definition) is 1. The van der Waals surface area contributed by atoms with E-state index in [0.717, 1.165) is 48.6 Å². The Morgan fingerprint density at radius 1 is 1.11 bits per heavy atom. The molecule has 1 N–H and O–H groups in total. The second kappa shape index (κ2) is 11.2. The van der Waals surface area contributed by atoms with Gasteiger partial charge in [0.25, 0.3) is 0 Å². The van der Waals surface area contributed by atoms with Crippen molar-refractivity contribution in [1.29, 1.82) is 0 Å². The smallest absolute Gasteiger partial charge is 0.319 e. The molecule has 2 saturated heterocycles. The van der Waals surface area contributed by atoms with Crippen LogP contribution in [0.15, 0.2) is 42.6 Å². The molecule has 7 nitrogen and oxygen atoms in total. The summed E-state index contributed by atoms with van der Waals surface area (Å²) in [4.78, 5) is 18.5. The summed E-state index contributed by atoms with van der Waals surface area (Å²) in [7, 11) is 4.18. The molecule has 0 spiro atoms. The van der Waals surface area contributed by atoms with E-state index in [4.69, 9.17) is 9.72 Å². The Morgan fingerprint density at radius 2 is 1.93 bits per heavy atom. The molecule has 0 bridgehead atoms. The fourth-order valence-electron chi connectivity index (χ4n) is 7.46. The van der Waals surface area contributed by atoms with Gasteiger partial charge in [0.05, 0.1) is 10.9 Å². The molecule has 2 atom stereocenters. The number of pyridine rings is 1. The second-order valence-corrected chi connectivity index (χ2v) is 12.8. The normalized spacial score (nSPS) is 22.5. The van der Waals surface area contributed by atoms with Crippen LogP contribution in [0.3, 0.4) is 0 Å². The van der Waals surface area contributed by atoms with Crippen LogP contribution >= 0.6 is 0 Å². The van der Waals surface area contributed by atoms with Crippen LogP contribution in [0.25, 0.3) is 32.9 Å². The monoisotopic (exact) mass is 596 g/mol. The first-order valence-electron chi connectivity index (χ1n) is 15.6. The van der Waals surface area contributed by atoms with Gasteiger partial charge in [0.15, 0.2) is 5.82 Å². The van der Waals surface area contributed by atoms with Crippen molar-refractivity contribution in [2.75, 3.05) is 45.7 Å². The van der Waals surface area contributed by atoms with E-state index >= 15 is 4.39 Å². The Morgan fingerprint density at radius 3 is 2.68 bits per heavy atom. The molecule has 2 aromatic carbocycles. The van der Waals surface area contributed by atoms with E-state index in [1.807, 2.05) is 36.4 Å². The third kappa shape index (κ3) is 4.85. The molecule has 4 heterocycles. The molecule has 9 heteroatoms. The molecule has 2 aromatic heterocycles. The number of fused-ring (bicyclic) bond motifs is 3. The van der Waals surface area contributed by atoms with Gasteiger partial charge in [-0.1, -0.05) is 36.3 Å². The van der Waals surface area contributed by atoms with Crippen molar-refractivity contribution in [3.8, 4) is 29.1 Å². The predicted molar refractivity (Wildman–Crippen MR) is 170 cm³/mol. The summed E-state index contributed by atoms with van der Waals surface area (Å²) in [5.41, 5.74) is 1.44. The summed E-state index contributed by atoms with van der Waals surface area (Å²) in [6.07, 6.45) is 6.40. The van der Waals surface area contributed by atoms with Crippen molar-refractivity contribution < 1.29 is 13.5 Å². The molecule has 7 rings (SSSR count). The standard InChI is InChI=1S/C35H38F2N6O/c1-4-9-23-10-5-11-24-12-6-13-26(28(23)24)30-29(37)31-27(19-38-30)32(39-21-34(42(2)3)14-7-15-34)41-33(40-31)44-22-35-16-8-17-43(35)20-25(36)18-35/h5-6,10-13,19,25H,7-8,14-18,20-22H2,1-3H3,(H,39,40,41)/t25-,35+/m1/s1. The van der Waals surface area contributed by atoms with Crippen molar-refractivity contribution in [3.63, 3.8) is 0 Å². The number of benzene rings is 2. The van der Waals surface area contributed by atoms with Crippen LogP contribution in [-0.2, 0) is 0 Å². The number of nitrogens with zero attached hydrogens (tertiary/aromatic N) is 5. The third-order valence-electron chi connectivity index (χ3n) is 10.1. The number of anilines is 1. The Hall–Kier alpha value is -3.87. The summed E-state index contributed by atoms with van der Waals surface area (Å²) in [5.74, 6) is 6.08. The van der Waals surface area contributed by atoms with Crippen LogP contribution in [0.5, 0.6) is 6.01 Å². The first-order chi connectivity index (χ1) is 21.3. The molecule has 0 amide bonds. The van der Waals surface area contributed by atoms with Crippen molar-refractivity contribution >= 4 is 27.5 Å². The maximum atomic E-state index is 16.7. The van der Waals surface area contributed by atoms with Gasteiger partial charge in [0.1, 0.15) is 29.8 Å². The quantitative estimate of drug-likeness (QED) is 0.243. The van der Waals surface area contributed by atoms with Crippen LogP contribution in [-0.4, -0.2) is 82.3 Å². The highest BCUT2D eigenvalue weighted by Crippen LogP contribution is 2.41. The van der Waals surface area contributed by atoms with Crippen LogP contribution in [0.2, 0.25) is 0 Å². The van der Waals surface area contributed by atoms with Gasteiger partial charge in [-0.15, -0.1) is 5.92 Å². The molecule has 4 aromatic rings. The van der Waals surface area contributed by atoms with Gasteiger partial charge in [0.2, 0.25) is 0 Å². The molecular weight excluding hydrogens is 558 g/mol. The minimum Gasteiger partial charge on any atom is -0.461 e. The average Bonchev–Trinajstić information content (AvgIpc) is 3.51. The Balaban J connectivity index is 1.32. The van der Waals surface area contributed by atoms with E-state index < -0.39 is 12.0 Å². The molecule has 3 aliphatic rings.